The molecule has 1 aliphatic carbocycles. The molecule has 1 aromatic carbocycles. The molecule has 0 aromatic heterocycles. The van der Waals surface area contributed by atoms with Crippen molar-refractivity contribution in [2.24, 2.45) is 5.92 Å². The number of halogens is 2. The molecule has 2 unspecified atom stereocenters. The second kappa shape index (κ2) is 5.86. The third-order valence-electron chi connectivity index (χ3n) is 5.24. The second-order valence-corrected chi connectivity index (χ2v) is 7.17. The number of benzene rings is 1. The molecule has 0 radical (unpaired) electrons. The molecule has 21 heavy (non-hydrogen) atoms. The van der Waals surface area contributed by atoms with Gasteiger partial charge in [-0.25, -0.2) is 4.39 Å². The number of piperazine rings is 1. The Bertz CT molecular complexity index is 518. The Balaban J connectivity index is 1.81. The van der Waals surface area contributed by atoms with Crippen LogP contribution in [-0.2, 0) is 6.54 Å². The van der Waals surface area contributed by atoms with Crippen molar-refractivity contribution in [3.63, 3.8) is 0 Å². The first-order valence-electron chi connectivity index (χ1n) is 7.95. The zero-order chi connectivity index (χ0) is 15.0. The fourth-order valence-electron chi connectivity index (χ4n) is 3.48. The molecule has 1 aliphatic heterocycles. The average Bonchev–Trinajstić information content (AvgIpc) is 3.29. The fourth-order valence-corrected chi connectivity index (χ4v) is 3.64. The first-order chi connectivity index (χ1) is 10.0. The molecule has 1 heterocycles. The predicted molar refractivity (Wildman–Crippen MR) is 85.0 cm³/mol. The van der Waals surface area contributed by atoms with E-state index in [2.05, 4.69) is 24.1 Å². The van der Waals surface area contributed by atoms with E-state index >= 15 is 0 Å². The Morgan fingerprint density at radius 1 is 1.43 bits per heavy atom. The third kappa shape index (κ3) is 3.10. The van der Waals surface area contributed by atoms with Gasteiger partial charge < -0.3 is 5.32 Å². The smallest absolute Gasteiger partial charge is 0.129 e. The van der Waals surface area contributed by atoms with E-state index in [0.29, 0.717) is 17.6 Å². The summed E-state index contributed by atoms with van der Waals surface area (Å²) in [5, 5.41) is 4.13. The van der Waals surface area contributed by atoms with Gasteiger partial charge in [0, 0.05) is 41.8 Å². The van der Waals surface area contributed by atoms with Gasteiger partial charge in [-0.15, -0.1) is 0 Å². The zero-order valence-corrected chi connectivity index (χ0v) is 13.6. The van der Waals surface area contributed by atoms with Gasteiger partial charge in [0.2, 0.25) is 0 Å². The van der Waals surface area contributed by atoms with Crippen molar-refractivity contribution in [2.45, 2.75) is 51.2 Å². The van der Waals surface area contributed by atoms with Crippen LogP contribution in [0.1, 0.15) is 38.7 Å². The van der Waals surface area contributed by atoms with E-state index in [-0.39, 0.29) is 11.4 Å². The van der Waals surface area contributed by atoms with Gasteiger partial charge in [-0.3, -0.25) is 4.90 Å². The lowest BCUT2D eigenvalue weighted by Crippen LogP contribution is -2.63. The maximum Gasteiger partial charge on any atom is 0.129 e. The molecule has 1 N–H and O–H groups in total. The zero-order valence-electron chi connectivity index (χ0n) is 12.8. The van der Waals surface area contributed by atoms with Gasteiger partial charge >= 0.3 is 0 Å². The monoisotopic (exact) mass is 310 g/mol. The van der Waals surface area contributed by atoms with Crippen LogP contribution in [0, 0.1) is 11.7 Å². The average molecular weight is 311 g/mol. The number of nitrogens with one attached hydrogen (secondary N) is 1. The predicted octanol–water partition coefficient (Wildman–Crippen LogP) is 3.83. The first kappa shape index (κ1) is 15.3. The topological polar surface area (TPSA) is 15.3 Å². The summed E-state index contributed by atoms with van der Waals surface area (Å²) in [6, 6.07) is 5.54. The number of hydrogen-bond acceptors (Lipinski definition) is 2. The largest absolute Gasteiger partial charge is 0.311 e. The van der Waals surface area contributed by atoms with Crippen molar-refractivity contribution in [1.82, 2.24) is 10.2 Å². The van der Waals surface area contributed by atoms with Crippen LogP contribution in [0.2, 0.25) is 5.02 Å². The van der Waals surface area contributed by atoms with Crippen LogP contribution < -0.4 is 5.32 Å². The first-order valence-corrected chi connectivity index (χ1v) is 8.33. The number of rotatable bonds is 4. The van der Waals surface area contributed by atoms with Crippen molar-refractivity contribution in [3.05, 3.63) is 34.6 Å². The van der Waals surface area contributed by atoms with E-state index in [0.717, 1.165) is 31.0 Å². The van der Waals surface area contributed by atoms with Gasteiger partial charge in [0.25, 0.3) is 0 Å². The molecule has 2 fully saturated rings. The van der Waals surface area contributed by atoms with Crippen molar-refractivity contribution in [1.29, 1.82) is 0 Å². The van der Waals surface area contributed by atoms with E-state index in [4.69, 9.17) is 11.6 Å². The molecule has 1 saturated carbocycles. The standard InChI is InChI=1S/C17H24ClFN2/c1-3-15-10-21(17(2,11-20-15)13-5-6-13)9-12-4-7-14(18)8-16(12)19/h4,7-8,13,15,20H,3,5-6,9-11H2,1-2H3. The minimum absolute atomic E-state index is 0.151. The van der Waals surface area contributed by atoms with E-state index in [1.165, 1.54) is 18.9 Å². The molecule has 116 valence electrons. The van der Waals surface area contributed by atoms with Crippen molar-refractivity contribution < 1.29 is 4.39 Å². The molecule has 4 heteroatoms. The minimum atomic E-state index is -0.188. The highest BCUT2D eigenvalue weighted by Crippen LogP contribution is 2.44. The molecule has 2 nitrogen and oxygen atoms in total. The van der Waals surface area contributed by atoms with E-state index < -0.39 is 0 Å². The van der Waals surface area contributed by atoms with Crippen LogP contribution >= 0.6 is 11.6 Å². The van der Waals surface area contributed by atoms with Gasteiger partial charge in [-0.1, -0.05) is 24.6 Å². The molecule has 1 aromatic rings. The van der Waals surface area contributed by atoms with Gasteiger partial charge in [0.05, 0.1) is 0 Å². The summed E-state index contributed by atoms with van der Waals surface area (Å²) in [6.45, 7) is 7.21. The SMILES string of the molecule is CCC1CN(Cc2ccc(Cl)cc2F)C(C)(C2CC2)CN1. The highest BCUT2D eigenvalue weighted by molar-refractivity contribution is 6.30. The normalized spacial score (nSPS) is 30.6. The Morgan fingerprint density at radius 2 is 2.19 bits per heavy atom. The van der Waals surface area contributed by atoms with E-state index in [9.17, 15) is 4.39 Å². The quantitative estimate of drug-likeness (QED) is 0.909. The Labute approximate surface area is 131 Å². The maximum atomic E-state index is 14.1. The van der Waals surface area contributed by atoms with Crippen LogP contribution in [-0.4, -0.2) is 29.6 Å². The molecule has 0 bridgehead atoms. The lowest BCUT2D eigenvalue weighted by Gasteiger charge is -2.48. The fraction of sp³-hybridized carbons (Fsp3) is 0.647. The summed E-state index contributed by atoms with van der Waals surface area (Å²) in [7, 11) is 0. The van der Waals surface area contributed by atoms with Crippen LogP contribution in [0.25, 0.3) is 0 Å². The lowest BCUT2D eigenvalue weighted by molar-refractivity contribution is 0.0262. The number of nitrogens with zero attached hydrogens (tertiary/aromatic N) is 1. The Kier molecular flexibility index (Phi) is 4.26. The number of hydrogen-bond donors (Lipinski definition) is 1. The maximum absolute atomic E-state index is 14.1. The summed E-state index contributed by atoms with van der Waals surface area (Å²) in [4.78, 5) is 2.49. The minimum Gasteiger partial charge on any atom is -0.311 e. The Hall–Kier alpha value is -0.640. The summed E-state index contributed by atoms with van der Waals surface area (Å²) in [5.41, 5.74) is 0.903. The molecule has 0 amide bonds. The van der Waals surface area contributed by atoms with E-state index in [1.807, 2.05) is 6.07 Å². The molecule has 0 spiro atoms. The molecule has 1 saturated heterocycles. The Morgan fingerprint density at radius 3 is 2.81 bits per heavy atom. The van der Waals surface area contributed by atoms with Crippen molar-refractivity contribution >= 4 is 11.6 Å². The highest BCUT2D eigenvalue weighted by Gasteiger charge is 2.48. The van der Waals surface area contributed by atoms with Gasteiger partial charge in [-0.05, 0) is 44.2 Å². The third-order valence-corrected chi connectivity index (χ3v) is 5.47. The van der Waals surface area contributed by atoms with E-state index in [1.54, 1.807) is 6.07 Å². The van der Waals surface area contributed by atoms with Gasteiger partial charge in [0.1, 0.15) is 5.82 Å². The van der Waals surface area contributed by atoms with Crippen LogP contribution in [0.3, 0.4) is 0 Å². The van der Waals surface area contributed by atoms with Gasteiger partial charge in [-0.2, -0.15) is 0 Å². The molecule has 2 aliphatic rings. The lowest BCUT2D eigenvalue weighted by atomic mass is 9.88. The summed E-state index contributed by atoms with van der Waals surface area (Å²) < 4.78 is 14.1. The van der Waals surface area contributed by atoms with Crippen LogP contribution in [0.15, 0.2) is 18.2 Å². The summed E-state index contributed by atoms with van der Waals surface area (Å²) in [6.07, 6.45) is 3.71. The summed E-state index contributed by atoms with van der Waals surface area (Å²) >= 11 is 5.86. The van der Waals surface area contributed by atoms with Gasteiger partial charge in [0.15, 0.2) is 0 Å². The highest BCUT2D eigenvalue weighted by atomic mass is 35.5. The van der Waals surface area contributed by atoms with Crippen LogP contribution in [0.5, 0.6) is 0 Å². The molecular weight excluding hydrogens is 287 g/mol. The molecule has 3 rings (SSSR count). The van der Waals surface area contributed by atoms with Crippen molar-refractivity contribution in [2.75, 3.05) is 13.1 Å². The van der Waals surface area contributed by atoms with Crippen LogP contribution in [0.4, 0.5) is 4.39 Å². The molecule has 2 atom stereocenters. The second-order valence-electron chi connectivity index (χ2n) is 6.73. The van der Waals surface area contributed by atoms with Crippen molar-refractivity contribution in [3.8, 4) is 0 Å². The molecular formula is C17H24ClFN2. The summed E-state index contributed by atoms with van der Waals surface area (Å²) in [5.74, 6) is 0.561.